The maximum Gasteiger partial charge on any atom is 0.201 e. The summed E-state index contributed by atoms with van der Waals surface area (Å²) in [7, 11) is 0. The van der Waals surface area contributed by atoms with E-state index in [1.54, 1.807) is 0 Å². The molecule has 2 rings (SSSR count). The number of para-hydroxylation sites is 1. The molecule has 0 aliphatic carbocycles. The molecule has 0 saturated heterocycles. The SMILES string of the molecule is CCC(C)C(C)n1c(N)nc2cccc(C)c21. The van der Waals surface area contributed by atoms with E-state index < -0.39 is 0 Å². The van der Waals surface area contributed by atoms with Crippen molar-refractivity contribution < 1.29 is 0 Å². The van der Waals surface area contributed by atoms with Crippen molar-refractivity contribution >= 4 is 17.0 Å². The van der Waals surface area contributed by atoms with Gasteiger partial charge in [-0.1, -0.05) is 32.4 Å². The van der Waals surface area contributed by atoms with E-state index in [1.807, 2.05) is 12.1 Å². The first-order valence-electron chi connectivity index (χ1n) is 6.29. The van der Waals surface area contributed by atoms with E-state index in [4.69, 9.17) is 5.73 Å². The summed E-state index contributed by atoms with van der Waals surface area (Å²) in [6.07, 6.45) is 1.15. The molecule has 0 bridgehead atoms. The fourth-order valence-corrected chi connectivity index (χ4v) is 2.35. The Morgan fingerprint density at radius 1 is 1.35 bits per heavy atom. The number of aryl methyl sites for hydroxylation is 1. The summed E-state index contributed by atoms with van der Waals surface area (Å²) in [6, 6.07) is 6.55. The molecule has 0 radical (unpaired) electrons. The summed E-state index contributed by atoms with van der Waals surface area (Å²) < 4.78 is 2.18. The van der Waals surface area contributed by atoms with Crippen LogP contribution in [0.5, 0.6) is 0 Å². The number of nitrogens with two attached hydrogens (primary N) is 1. The molecule has 2 N–H and O–H groups in total. The van der Waals surface area contributed by atoms with Crippen LogP contribution in [0.2, 0.25) is 0 Å². The monoisotopic (exact) mass is 231 g/mol. The topological polar surface area (TPSA) is 43.8 Å². The zero-order chi connectivity index (χ0) is 12.6. The molecule has 2 atom stereocenters. The van der Waals surface area contributed by atoms with E-state index in [1.165, 1.54) is 11.1 Å². The van der Waals surface area contributed by atoms with Gasteiger partial charge in [0, 0.05) is 6.04 Å². The number of rotatable bonds is 3. The minimum atomic E-state index is 0.381. The number of aromatic nitrogens is 2. The Balaban J connectivity index is 2.64. The maximum atomic E-state index is 6.07. The van der Waals surface area contributed by atoms with Gasteiger partial charge in [-0.2, -0.15) is 0 Å². The molecule has 1 aromatic heterocycles. The Hall–Kier alpha value is -1.51. The summed E-state index contributed by atoms with van der Waals surface area (Å²) in [4.78, 5) is 4.45. The van der Waals surface area contributed by atoms with E-state index >= 15 is 0 Å². The van der Waals surface area contributed by atoms with Gasteiger partial charge in [-0.3, -0.25) is 0 Å². The van der Waals surface area contributed by atoms with E-state index in [0.29, 0.717) is 17.9 Å². The molecular weight excluding hydrogens is 210 g/mol. The van der Waals surface area contributed by atoms with Gasteiger partial charge in [0.1, 0.15) is 0 Å². The number of nitrogens with zero attached hydrogens (tertiary/aromatic N) is 2. The number of hydrogen-bond donors (Lipinski definition) is 1. The zero-order valence-corrected chi connectivity index (χ0v) is 11.1. The molecule has 1 heterocycles. The molecule has 0 amide bonds. The Kier molecular flexibility index (Phi) is 3.09. The van der Waals surface area contributed by atoms with Crippen LogP contribution in [-0.4, -0.2) is 9.55 Å². The lowest BCUT2D eigenvalue weighted by atomic mass is 10.0. The van der Waals surface area contributed by atoms with Gasteiger partial charge >= 0.3 is 0 Å². The third-order valence-electron chi connectivity index (χ3n) is 3.81. The average molecular weight is 231 g/mol. The number of fused-ring (bicyclic) bond motifs is 1. The maximum absolute atomic E-state index is 6.07. The van der Waals surface area contributed by atoms with Gasteiger partial charge in [-0.15, -0.1) is 0 Å². The lowest BCUT2D eigenvalue weighted by Gasteiger charge is -2.22. The van der Waals surface area contributed by atoms with Crippen molar-refractivity contribution in [2.24, 2.45) is 5.92 Å². The van der Waals surface area contributed by atoms with E-state index in [2.05, 4.69) is 43.3 Å². The third-order valence-corrected chi connectivity index (χ3v) is 3.81. The molecule has 0 fully saturated rings. The number of benzene rings is 1. The van der Waals surface area contributed by atoms with Crippen LogP contribution in [0.3, 0.4) is 0 Å². The van der Waals surface area contributed by atoms with Crippen LogP contribution in [0.1, 0.15) is 38.8 Å². The van der Waals surface area contributed by atoms with Crippen LogP contribution in [-0.2, 0) is 0 Å². The standard InChI is InChI=1S/C14H21N3/c1-5-9(2)11(4)17-13-10(3)7-6-8-12(13)16-14(17)15/h6-9,11H,5H2,1-4H3,(H2,15,16). The predicted octanol–water partition coefficient (Wildman–Crippen LogP) is 3.53. The van der Waals surface area contributed by atoms with Gasteiger partial charge in [-0.05, 0) is 31.4 Å². The molecule has 2 unspecified atom stereocenters. The lowest BCUT2D eigenvalue weighted by molar-refractivity contribution is 0.381. The smallest absolute Gasteiger partial charge is 0.201 e. The molecule has 2 aromatic rings. The fraction of sp³-hybridized carbons (Fsp3) is 0.500. The second-order valence-electron chi connectivity index (χ2n) is 4.91. The highest BCUT2D eigenvalue weighted by molar-refractivity contribution is 5.81. The van der Waals surface area contributed by atoms with Crippen LogP contribution in [0.25, 0.3) is 11.0 Å². The highest BCUT2D eigenvalue weighted by Gasteiger charge is 2.19. The highest BCUT2D eigenvalue weighted by Crippen LogP contribution is 2.30. The lowest BCUT2D eigenvalue weighted by Crippen LogP contribution is -2.16. The van der Waals surface area contributed by atoms with Crippen molar-refractivity contribution in [3.8, 4) is 0 Å². The van der Waals surface area contributed by atoms with Crippen LogP contribution in [0.4, 0.5) is 5.95 Å². The summed E-state index contributed by atoms with van der Waals surface area (Å²) in [6.45, 7) is 8.80. The highest BCUT2D eigenvalue weighted by atomic mass is 15.2. The van der Waals surface area contributed by atoms with Crippen molar-refractivity contribution in [2.45, 2.75) is 40.2 Å². The Morgan fingerprint density at radius 3 is 2.71 bits per heavy atom. The normalized spacial score (nSPS) is 15.1. The van der Waals surface area contributed by atoms with Crippen molar-refractivity contribution in [3.63, 3.8) is 0 Å². The van der Waals surface area contributed by atoms with Gasteiger partial charge in [0.05, 0.1) is 11.0 Å². The average Bonchev–Trinajstić information content (AvgIpc) is 2.65. The van der Waals surface area contributed by atoms with Crippen LogP contribution < -0.4 is 5.73 Å². The molecular formula is C14H21N3. The predicted molar refractivity (Wildman–Crippen MR) is 73.0 cm³/mol. The van der Waals surface area contributed by atoms with E-state index in [-0.39, 0.29) is 0 Å². The quantitative estimate of drug-likeness (QED) is 0.878. The fourth-order valence-electron chi connectivity index (χ4n) is 2.35. The first kappa shape index (κ1) is 12.0. The first-order chi connectivity index (χ1) is 8.06. The summed E-state index contributed by atoms with van der Waals surface area (Å²) >= 11 is 0. The van der Waals surface area contributed by atoms with E-state index in [9.17, 15) is 0 Å². The second kappa shape index (κ2) is 4.40. The van der Waals surface area contributed by atoms with Gasteiger partial charge in [0.2, 0.25) is 5.95 Å². The molecule has 92 valence electrons. The second-order valence-corrected chi connectivity index (χ2v) is 4.91. The van der Waals surface area contributed by atoms with Gasteiger partial charge in [0.25, 0.3) is 0 Å². The summed E-state index contributed by atoms with van der Waals surface area (Å²) in [5, 5.41) is 0. The molecule has 0 spiro atoms. The minimum Gasteiger partial charge on any atom is -0.369 e. The molecule has 0 aliphatic heterocycles. The Morgan fingerprint density at radius 2 is 2.06 bits per heavy atom. The molecule has 17 heavy (non-hydrogen) atoms. The third kappa shape index (κ3) is 1.90. The number of imidazole rings is 1. The van der Waals surface area contributed by atoms with Crippen molar-refractivity contribution in [3.05, 3.63) is 23.8 Å². The largest absolute Gasteiger partial charge is 0.369 e. The molecule has 3 heteroatoms. The molecule has 3 nitrogen and oxygen atoms in total. The minimum absolute atomic E-state index is 0.381. The Labute approximate surface area is 103 Å². The van der Waals surface area contributed by atoms with E-state index in [0.717, 1.165) is 11.9 Å². The van der Waals surface area contributed by atoms with Crippen LogP contribution in [0.15, 0.2) is 18.2 Å². The van der Waals surface area contributed by atoms with Gasteiger partial charge < -0.3 is 10.3 Å². The van der Waals surface area contributed by atoms with Crippen molar-refractivity contribution in [1.29, 1.82) is 0 Å². The zero-order valence-electron chi connectivity index (χ0n) is 11.1. The Bertz CT molecular complexity index is 527. The molecule has 1 aromatic carbocycles. The number of hydrogen-bond acceptors (Lipinski definition) is 2. The molecule has 0 aliphatic rings. The number of nitrogen functional groups attached to an aromatic ring is 1. The van der Waals surface area contributed by atoms with Crippen molar-refractivity contribution in [1.82, 2.24) is 9.55 Å². The van der Waals surface area contributed by atoms with Crippen LogP contribution >= 0.6 is 0 Å². The van der Waals surface area contributed by atoms with Crippen LogP contribution in [0, 0.1) is 12.8 Å². The summed E-state index contributed by atoms with van der Waals surface area (Å²) in [5.41, 5.74) is 9.48. The number of anilines is 1. The van der Waals surface area contributed by atoms with Crippen molar-refractivity contribution in [2.75, 3.05) is 5.73 Å². The molecule has 0 saturated carbocycles. The first-order valence-corrected chi connectivity index (χ1v) is 6.29. The van der Waals surface area contributed by atoms with Gasteiger partial charge in [0.15, 0.2) is 0 Å². The summed E-state index contributed by atoms with van der Waals surface area (Å²) in [5.74, 6) is 1.22. The van der Waals surface area contributed by atoms with Gasteiger partial charge in [-0.25, -0.2) is 4.98 Å².